The van der Waals surface area contributed by atoms with Gasteiger partial charge in [-0.05, 0) is 50.7 Å². The van der Waals surface area contributed by atoms with E-state index < -0.39 is 0 Å². The third-order valence-corrected chi connectivity index (χ3v) is 7.32. The lowest BCUT2D eigenvalue weighted by molar-refractivity contribution is -0.122. The quantitative estimate of drug-likeness (QED) is 0.775. The molecular formula is C19H26ClN3OS2. The van der Waals surface area contributed by atoms with Crippen LogP contribution in [0.25, 0.3) is 10.6 Å². The average Bonchev–Trinajstić information content (AvgIpc) is 3.32. The zero-order chi connectivity index (χ0) is 17.2. The van der Waals surface area contributed by atoms with E-state index in [0.29, 0.717) is 18.5 Å². The van der Waals surface area contributed by atoms with Crippen molar-refractivity contribution in [1.29, 1.82) is 0 Å². The fraction of sp³-hybridized carbons (Fsp3) is 0.579. The van der Waals surface area contributed by atoms with Gasteiger partial charge >= 0.3 is 0 Å². The number of carbonyl (C=O) groups is 1. The molecule has 1 saturated carbocycles. The van der Waals surface area contributed by atoms with E-state index >= 15 is 0 Å². The molecule has 0 aromatic carbocycles. The molecule has 26 heavy (non-hydrogen) atoms. The number of carbonyl (C=O) groups excluding carboxylic acids is 1. The minimum atomic E-state index is 0. The van der Waals surface area contributed by atoms with Gasteiger partial charge in [-0.15, -0.1) is 35.1 Å². The van der Waals surface area contributed by atoms with E-state index in [9.17, 15) is 4.79 Å². The molecule has 4 nitrogen and oxygen atoms in total. The number of nitrogens with one attached hydrogen (secondary N) is 2. The van der Waals surface area contributed by atoms with Crippen LogP contribution in [0.15, 0.2) is 17.5 Å². The lowest BCUT2D eigenvalue weighted by Gasteiger charge is -2.24. The Morgan fingerprint density at radius 1 is 1.35 bits per heavy atom. The van der Waals surface area contributed by atoms with Crippen LogP contribution in [0.4, 0.5) is 0 Å². The molecule has 0 spiro atoms. The third kappa shape index (κ3) is 4.47. The standard InChI is InChI=1S/C19H25N3OS2.ClH/c1-12-21-17(11-24-12)18-7-6-14(25-18)8-9-20-19(23)16-10-13-4-2-3-5-15(13)22-16;/h6-7,11,13,15-16,22H,2-5,8-10H2,1H3,(H,20,23);1H. The molecule has 1 aliphatic carbocycles. The summed E-state index contributed by atoms with van der Waals surface area (Å²) in [5, 5.41) is 9.89. The number of rotatable bonds is 5. The minimum Gasteiger partial charge on any atom is -0.354 e. The second-order valence-electron chi connectivity index (χ2n) is 7.16. The van der Waals surface area contributed by atoms with E-state index in [0.717, 1.165) is 23.5 Å². The summed E-state index contributed by atoms with van der Waals surface area (Å²) in [7, 11) is 0. The topological polar surface area (TPSA) is 54.0 Å². The molecule has 2 fully saturated rings. The average molecular weight is 412 g/mol. The normalized spacial score (nSPS) is 24.7. The Balaban J connectivity index is 0.00000196. The van der Waals surface area contributed by atoms with Crippen LogP contribution in [0.2, 0.25) is 0 Å². The number of thiophene rings is 1. The highest BCUT2D eigenvalue weighted by Gasteiger charge is 2.37. The van der Waals surface area contributed by atoms with E-state index in [4.69, 9.17) is 0 Å². The largest absolute Gasteiger partial charge is 0.354 e. The minimum absolute atomic E-state index is 0. The number of nitrogens with zero attached hydrogens (tertiary/aromatic N) is 1. The fourth-order valence-corrected chi connectivity index (χ4v) is 5.74. The summed E-state index contributed by atoms with van der Waals surface area (Å²) < 4.78 is 0. The molecule has 1 aliphatic heterocycles. The lowest BCUT2D eigenvalue weighted by Crippen LogP contribution is -2.43. The van der Waals surface area contributed by atoms with Gasteiger partial charge in [0.05, 0.1) is 21.6 Å². The Morgan fingerprint density at radius 3 is 2.96 bits per heavy atom. The van der Waals surface area contributed by atoms with Crippen LogP contribution in [-0.2, 0) is 11.2 Å². The highest BCUT2D eigenvalue weighted by atomic mass is 35.5. The molecule has 3 unspecified atom stereocenters. The second kappa shape index (κ2) is 8.83. The lowest BCUT2D eigenvalue weighted by atomic mass is 9.85. The van der Waals surface area contributed by atoms with Gasteiger partial charge in [0.25, 0.3) is 0 Å². The fourth-order valence-electron chi connectivity index (χ4n) is 4.08. The summed E-state index contributed by atoms with van der Waals surface area (Å²) in [5.41, 5.74) is 1.07. The van der Waals surface area contributed by atoms with E-state index in [-0.39, 0.29) is 24.4 Å². The number of hydrogen-bond donors (Lipinski definition) is 2. The van der Waals surface area contributed by atoms with Crippen LogP contribution in [0.5, 0.6) is 0 Å². The van der Waals surface area contributed by atoms with Crippen LogP contribution < -0.4 is 10.6 Å². The van der Waals surface area contributed by atoms with Crippen LogP contribution >= 0.6 is 35.1 Å². The number of aromatic nitrogens is 1. The first kappa shape index (κ1) is 19.8. The molecule has 2 aromatic rings. The van der Waals surface area contributed by atoms with Crippen molar-refractivity contribution in [2.75, 3.05) is 6.54 Å². The van der Waals surface area contributed by atoms with Crippen molar-refractivity contribution in [1.82, 2.24) is 15.6 Å². The van der Waals surface area contributed by atoms with Crippen molar-refractivity contribution in [2.24, 2.45) is 5.92 Å². The monoisotopic (exact) mass is 411 g/mol. The first-order chi connectivity index (χ1) is 12.2. The first-order valence-electron chi connectivity index (χ1n) is 9.24. The van der Waals surface area contributed by atoms with E-state index in [1.165, 1.54) is 35.4 Å². The second-order valence-corrected chi connectivity index (χ2v) is 9.40. The van der Waals surface area contributed by atoms with Gasteiger partial charge in [-0.3, -0.25) is 4.79 Å². The number of thiazole rings is 1. The van der Waals surface area contributed by atoms with Gasteiger partial charge in [-0.25, -0.2) is 4.98 Å². The summed E-state index contributed by atoms with van der Waals surface area (Å²) >= 11 is 3.46. The summed E-state index contributed by atoms with van der Waals surface area (Å²) in [5.74, 6) is 0.896. The van der Waals surface area contributed by atoms with Crippen LogP contribution in [0.3, 0.4) is 0 Å². The molecule has 3 heterocycles. The highest BCUT2D eigenvalue weighted by Crippen LogP contribution is 2.33. The number of amides is 1. The first-order valence-corrected chi connectivity index (χ1v) is 10.9. The molecule has 142 valence electrons. The molecule has 4 rings (SSSR count). The van der Waals surface area contributed by atoms with Gasteiger partial charge in [0.2, 0.25) is 5.91 Å². The Morgan fingerprint density at radius 2 is 2.19 bits per heavy atom. The van der Waals surface area contributed by atoms with Gasteiger partial charge in [-0.2, -0.15) is 0 Å². The maximum Gasteiger partial charge on any atom is 0.237 e. The zero-order valence-electron chi connectivity index (χ0n) is 15.0. The molecule has 1 saturated heterocycles. The predicted octanol–water partition coefficient (Wildman–Crippen LogP) is 4.18. The van der Waals surface area contributed by atoms with Crippen LogP contribution in [-0.4, -0.2) is 29.5 Å². The van der Waals surface area contributed by atoms with Gasteiger partial charge in [-0.1, -0.05) is 12.8 Å². The molecule has 0 radical (unpaired) electrons. The molecular weight excluding hydrogens is 386 g/mol. The third-order valence-electron chi connectivity index (χ3n) is 5.38. The Kier molecular flexibility index (Phi) is 6.72. The maximum atomic E-state index is 12.4. The van der Waals surface area contributed by atoms with Gasteiger partial charge in [0, 0.05) is 22.8 Å². The Hall–Kier alpha value is -0.950. The number of aryl methyl sites for hydroxylation is 1. The summed E-state index contributed by atoms with van der Waals surface area (Å²) in [6.45, 7) is 2.74. The Bertz CT molecular complexity index is 731. The summed E-state index contributed by atoms with van der Waals surface area (Å²) in [6.07, 6.45) is 7.07. The van der Waals surface area contributed by atoms with Crippen molar-refractivity contribution in [3.63, 3.8) is 0 Å². The molecule has 3 atom stereocenters. The van der Waals surface area contributed by atoms with Crippen molar-refractivity contribution in [3.05, 3.63) is 27.4 Å². The smallest absolute Gasteiger partial charge is 0.237 e. The zero-order valence-corrected chi connectivity index (χ0v) is 17.4. The Labute approximate surface area is 169 Å². The number of fused-ring (bicyclic) bond motifs is 1. The maximum absolute atomic E-state index is 12.4. The number of halogens is 1. The molecule has 1 amide bonds. The molecule has 2 aliphatic rings. The van der Waals surface area contributed by atoms with E-state index in [2.05, 4.69) is 33.1 Å². The van der Waals surface area contributed by atoms with Gasteiger partial charge in [0.1, 0.15) is 0 Å². The molecule has 2 N–H and O–H groups in total. The van der Waals surface area contributed by atoms with E-state index in [1.807, 2.05) is 6.92 Å². The predicted molar refractivity (Wildman–Crippen MR) is 111 cm³/mol. The van der Waals surface area contributed by atoms with E-state index in [1.54, 1.807) is 22.7 Å². The van der Waals surface area contributed by atoms with Crippen molar-refractivity contribution < 1.29 is 4.79 Å². The van der Waals surface area contributed by atoms with Crippen LogP contribution in [0, 0.1) is 12.8 Å². The molecule has 0 bridgehead atoms. The van der Waals surface area contributed by atoms with Gasteiger partial charge in [0.15, 0.2) is 0 Å². The molecule has 7 heteroatoms. The number of hydrogen-bond acceptors (Lipinski definition) is 5. The summed E-state index contributed by atoms with van der Waals surface area (Å²) in [6, 6.07) is 4.89. The van der Waals surface area contributed by atoms with Crippen molar-refractivity contribution in [3.8, 4) is 10.6 Å². The van der Waals surface area contributed by atoms with Crippen molar-refractivity contribution >= 4 is 41.0 Å². The summed E-state index contributed by atoms with van der Waals surface area (Å²) in [4.78, 5) is 19.5. The van der Waals surface area contributed by atoms with Crippen molar-refractivity contribution in [2.45, 2.75) is 57.5 Å². The SMILES string of the molecule is Cc1nc(-c2ccc(CCNC(=O)C3CC4CCCCC4N3)s2)cs1.Cl. The molecule has 2 aromatic heterocycles. The van der Waals surface area contributed by atoms with Crippen LogP contribution in [0.1, 0.15) is 42.0 Å². The van der Waals surface area contributed by atoms with Gasteiger partial charge < -0.3 is 10.6 Å². The highest BCUT2D eigenvalue weighted by molar-refractivity contribution is 7.16.